The van der Waals surface area contributed by atoms with E-state index in [0.717, 1.165) is 37.4 Å². The Morgan fingerprint density at radius 3 is 2.57 bits per heavy atom. The molecule has 0 saturated heterocycles. The Hall–Kier alpha value is -1.13. The minimum atomic E-state index is 0.539. The van der Waals surface area contributed by atoms with E-state index in [0.29, 0.717) is 18.7 Å². The van der Waals surface area contributed by atoms with Gasteiger partial charge in [-0.05, 0) is 46.7 Å². The molecule has 0 aliphatic heterocycles. The molecule has 4 heteroatoms. The van der Waals surface area contributed by atoms with Crippen LogP contribution < -0.4 is 10.1 Å². The number of ether oxygens (including phenoxy) is 1. The monoisotopic (exact) mass is 293 g/mol. The number of nitrogens with one attached hydrogen (secondary N) is 1. The van der Waals surface area contributed by atoms with Crippen molar-refractivity contribution in [1.82, 2.24) is 15.2 Å². The minimum Gasteiger partial charge on any atom is -0.492 e. The van der Waals surface area contributed by atoms with E-state index in [1.54, 1.807) is 6.20 Å². The highest BCUT2D eigenvalue weighted by molar-refractivity contribution is 5.29. The van der Waals surface area contributed by atoms with Crippen LogP contribution in [0.3, 0.4) is 0 Å². The zero-order valence-electron chi connectivity index (χ0n) is 14.2. The number of nitrogens with zero attached hydrogens (tertiary/aromatic N) is 2. The molecule has 0 aliphatic carbocycles. The van der Waals surface area contributed by atoms with E-state index in [4.69, 9.17) is 4.74 Å². The van der Waals surface area contributed by atoms with Crippen LogP contribution in [0.4, 0.5) is 0 Å². The molecule has 120 valence electrons. The van der Waals surface area contributed by atoms with Crippen LogP contribution in [0.5, 0.6) is 5.75 Å². The van der Waals surface area contributed by atoms with Gasteiger partial charge in [-0.3, -0.25) is 9.88 Å². The first-order valence-corrected chi connectivity index (χ1v) is 8.08. The first-order chi connectivity index (χ1) is 10.1. The second-order valence-corrected chi connectivity index (χ2v) is 5.93. The molecule has 1 aromatic heterocycles. The maximum absolute atomic E-state index is 5.98. The van der Waals surface area contributed by atoms with E-state index in [9.17, 15) is 0 Å². The van der Waals surface area contributed by atoms with Crippen molar-refractivity contribution in [2.75, 3.05) is 19.7 Å². The third kappa shape index (κ3) is 6.44. The van der Waals surface area contributed by atoms with Gasteiger partial charge in [-0.15, -0.1) is 0 Å². The summed E-state index contributed by atoms with van der Waals surface area (Å²) in [6, 6.07) is 3.03. The summed E-state index contributed by atoms with van der Waals surface area (Å²) in [6.45, 7) is 14.6. The third-order valence-corrected chi connectivity index (χ3v) is 3.53. The van der Waals surface area contributed by atoms with Crippen molar-refractivity contribution in [2.24, 2.45) is 0 Å². The first-order valence-electron chi connectivity index (χ1n) is 8.08. The second-order valence-electron chi connectivity index (χ2n) is 5.93. The Labute approximate surface area is 129 Å². The third-order valence-electron chi connectivity index (χ3n) is 3.53. The van der Waals surface area contributed by atoms with Crippen LogP contribution in [-0.4, -0.2) is 41.7 Å². The van der Waals surface area contributed by atoms with Gasteiger partial charge in [0.2, 0.25) is 0 Å². The molecule has 0 unspecified atom stereocenters. The Bertz CT molecular complexity index is 385. The fourth-order valence-electron chi connectivity index (χ4n) is 2.46. The molecule has 1 aromatic rings. The zero-order chi connectivity index (χ0) is 15.7. The quantitative estimate of drug-likeness (QED) is 0.673. The van der Waals surface area contributed by atoms with Gasteiger partial charge in [0.05, 0.1) is 0 Å². The number of hydrogen-bond acceptors (Lipinski definition) is 4. The van der Waals surface area contributed by atoms with Crippen molar-refractivity contribution in [3.05, 3.63) is 24.0 Å². The molecule has 1 N–H and O–H groups in total. The second kappa shape index (κ2) is 9.74. The molecule has 4 nitrogen and oxygen atoms in total. The highest BCUT2D eigenvalue weighted by atomic mass is 16.5. The lowest BCUT2D eigenvalue weighted by Gasteiger charge is -2.30. The normalized spacial score (nSPS) is 11.6. The summed E-state index contributed by atoms with van der Waals surface area (Å²) < 4.78 is 5.98. The summed E-state index contributed by atoms with van der Waals surface area (Å²) in [5.41, 5.74) is 1.13. The molecular formula is C17H31N3O. The van der Waals surface area contributed by atoms with Crippen molar-refractivity contribution in [3.8, 4) is 5.75 Å². The summed E-state index contributed by atoms with van der Waals surface area (Å²) in [7, 11) is 0. The standard InChI is InChI=1S/C17H31N3O/c1-6-8-18-12-16-13-19-9-7-17(16)21-11-10-20(14(2)3)15(4)5/h7,9,13-15,18H,6,8,10-12H2,1-5H3. The molecule has 0 amide bonds. The van der Waals surface area contributed by atoms with E-state index in [-0.39, 0.29) is 0 Å². The molecule has 0 atom stereocenters. The fraction of sp³-hybridized carbons (Fsp3) is 0.706. The minimum absolute atomic E-state index is 0.539. The van der Waals surface area contributed by atoms with Gasteiger partial charge < -0.3 is 10.1 Å². The van der Waals surface area contributed by atoms with Crippen LogP contribution in [0.25, 0.3) is 0 Å². The van der Waals surface area contributed by atoms with Crippen LogP contribution in [0.1, 0.15) is 46.6 Å². The predicted octanol–water partition coefficient (Wildman–Crippen LogP) is 3.08. The Morgan fingerprint density at radius 2 is 1.95 bits per heavy atom. The molecule has 0 bridgehead atoms. The van der Waals surface area contributed by atoms with Gasteiger partial charge in [0.25, 0.3) is 0 Å². The number of pyridine rings is 1. The number of aromatic nitrogens is 1. The highest BCUT2D eigenvalue weighted by Gasteiger charge is 2.13. The average Bonchev–Trinajstić information content (AvgIpc) is 2.44. The molecule has 1 heterocycles. The van der Waals surface area contributed by atoms with Crippen molar-refractivity contribution in [3.63, 3.8) is 0 Å². The summed E-state index contributed by atoms with van der Waals surface area (Å²) in [4.78, 5) is 6.63. The lowest BCUT2D eigenvalue weighted by Crippen LogP contribution is -2.39. The van der Waals surface area contributed by atoms with Crippen molar-refractivity contribution in [1.29, 1.82) is 0 Å². The molecule has 0 fully saturated rings. The Balaban J connectivity index is 2.50. The van der Waals surface area contributed by atoms with E-state index in [1.165, 1.54) is 0 Å². The predicted molar refractivity (Wildman–Crippen MR) is 88.7 cm³/mol. The average molecular weight is 293 g/mol. The van der Waals surface area contributed by atoms with Crippen molar-refractivity contribution in [2.45, 2.75) is 59.7 Å². The molecule has 0 aromatic carbocycles. The lowest BCUT2D eigenvalue weighted by atomic mass is 10.2. The van der Waals surface area contributed by atoms with Crippen LogP contribution in [0, 0.1) is 0 Å². The van der Waals surface area contributed by atoms with Crippen molar-refractivity contribution < 1.29 is 4.74 Å². The topological polar surface area (TPSA) is 37.4 Å². The molecule has 21 heavy (non-hydrogen) atoms. The van der Waals surface area contributed by atoms with E-state index < -0.39 is 0 Å². The molecule has 0 saturated carbocycles. The summed E-state index contributed by atoms with van der Waals surface area (Å²) in [6.07, 6.45) is 4.82. The molecule has 0 spiro atoms. The van der Waals surface area contributed by atoms with E-state index >= 15 is 0 Å². The maximum Gasteiger partial charge on any atom is 0.126 e. The Morgan fingerprint density at radius 1 is 1.24 bits per heavy atom. The van der Waals surface area contributed by atoms with Gasteiger partial charge in [0, 0.05) is 43.1 Å². The number of hydrogen-bond donors (Lipinski definition) is 1. The van der Waals surface area contributed by atoms with Gasteiger partial charge in [0.15, 0.2) is 0 Å². The maximum atomic E-state index is 5.98. The first kappa shape index (κ1) is 17.9. The van der Waals surface area contributed by atoms with Gasteiger partial charge in [-0.2, -0.15) is 0 Å². The zero-order valence-corrected chi connectivity index (χ0v) is 14.2. The molecular weight excluding hydrogens is 262 g/mol. The van der Waals surface area contributed by atoms with E-state index in [2.05, 4.69) is 49.8 Å². The summed E-state index contributed by atoms with van der Waals surface area (Å²) in [5.74, 6) is 0.945. The largest absolute Gasteiger partial charge is 0.492 e. The summed E-state index contributed by atoms with van der Waals surface area (Å²) in [5, 5.41) is 3.40. The SMILES string of the molecule is CCCNCc1cnccc1OCCN(C(C)C)C(C)C. The van der Waals surface area contributed by atoms with Crippen LogP contribution in [-0.2, 0) is 6.54 Å². The van der Waals surface area contributed by atoms with Gasteiger partial charge in [-0.25, -0.2) is 0 Å². The van der Waals surface area contributed by atoms with Crippen molar-refractivity contribution >= 4 is 0 Å². The van der Waals surface area contributed by atoms with Crippen LogP contribution in [0.2, 0.25) is 0 Å². The van der Waals surface area contributed by atoms with E-state index in [1.807, 2.05) is 12.3 Å². The van der Waals surface area contributed by atoms with Gasteiger partial charge in [0.1, 0.15) is 12.4 Å². The molecule has 1 rings (SSSR count). The molecule has 0 aliphatic rings. The smallest absolute Gasteiger partial charge is 0.126 e. The Kier molecular flexibility index (Phi) is 8.31. The van der Waals surface area contributed by atoms with Crippen LogP contribution >= 0.6 is 0 Å². The number of rotatable bonds is 10. The van der Waals surface area contributed by atoms with Gasteiger partial charge >= 0.3 is 0 Å². The highest BCUT2D eigenvalue weighted by Crippen LogP contribution is 2.16. The molecule has 0 radical (unpaired) electrons. The summed E-state index contributed by atoms with van der Waals surface area (Å²) >= 11 is 0. The van der Waals surface area contributed by atoms with Crippen LogP contribution in [0.15, 0.2) is 18.5 Å². The lowest BCUT2D eigenvalue weighted by molar-refractivity contribution is 0.141. The van der Waals surface area contributed by atoms with Gasteiger partial charge in [-0.1, -0.05) is 6.92 Å². The fourth-order valence-corrected chi connectivity index (χ4v) is 2.46.